The first-order chi connectivity index (χ1) is 8.76. The van der Waals surface area contributed by atoms with E-state index in [1.165, 1.54) is 0 Å². The fraction of sp³-hybridized carbons (Fsp3) is 0.615. The zero-order chi connectivity index (χ0) is 12.4. The summed E-state index contributed by atoms with van der Waals surface area (Å²) in [7, 11) is 0. The molecule has 1 spiro atoms. The monoisotopic (exact) mass is 268 g/mol. The van der Waals surface area contributed by atoms with Crippen LogP contribution in [-0.2, 0) is 9.47 Å². The van der Waals surface area contributed by atoms with Crippen LogP contribution >= 0.6 is 11.6 Å². The van der Waals surface area contributed by atoms with E-state index in [0.717, 1.165) is 44.6 Å². The molecule has 2 heterocycles. The zero-order valence-electron chi connectivity index (χ0n) is 10.2. The van der Waals surface area contributed by atoms with Crippen molar-refractivity contribution in [2.75, 3.05) is 18.5 Å². The summed E-state index contributed by atoms with van der Waals surface area (Å²) in [6.07, 6.45) is 5.75. The highest BCUT2D eigenvalue weighted by Gasteiger charge is 2.40. The molecule has 3 rings (SSSR count). The molecule has 0 amide bonds. The summed E-state index contributed by atoms with van der Waals surface area (Å²) in [4.78, 5) is 3.98. The van der Waals surface area contributed by atoms with Crippen LogP contribution in [0.5, 0.6) is 0 Å². The van der Waals surface area contributed by atoms with Crippen molar-refractivity contribution in [1.29, 1.82) is 0 Å². The van der Waals surface area contributed by atoms with Gasteiger partial charge in [0.15, 0.2) is 5.79 Å². The molecule has 2 aliphatic rings. The lowest BCUT2D eigenvalue weighted by atomic mass is 9.90. The molecular weight excluding hydrogens is 252 g/mol. The van der Waals surface area contributed by atoms with E-state index in [-0.39, 0.29) is 5.79 Å². The van der Waals surface area contributed by atoms with Gasteiger partial charge in [0.1, 0.15) is 5.15 Å². The minimum atomic E-state index is -0.284. The van der Waals surface area contributed by atoms with E-state index in [2.05, 4.69) is 10.3 Å². The maximum absolute atomic E-state index is 5.87. The largest absolute Gasteiger partial charge is 0.382 e. The Morgan fingerprint density at radius 1 is 1.28 bits per heavy atom. The summed E-state index contributed by atoms with van der Waals surface area (Å²) in [6.45, 7) is 1.47. The summed E-state index contributed by atoms with van der Waals surface area (Å²) in [6, 6.07) is 4.26. The lowest BCUT2D eigenvalue weighted by molar-refractivity contribution is -0.177. The van der Waals surface area contributed by atoms with Crippen LogP contribution in [0.3, 0.4) is 0 Å². The Labute approximate surface area is 112 Å². The summed E-state index contributed by atoms with van der Waals surface area (Å²) in [5, 5.41) is 4.02. The van der Waals surface area contributed by atoms with Gasteiger partial charge in [-0.2, -0.15) is 0 Å². The summed E-state index contributed by atoms with van der Waals surface area (Å²) >= 11 is 5.87. The Balaban J connectivity index is 1.57. The van der Waals surface area contributed by atoms with Crippen molar-refractivity contribution in [3.05, 3.63) is 23.5 Å². The van der Waals surface area contributed by atoms with Gasteiger partial charge < -0.3 is 14.8 Å². The third-order valence-electron chi connectivity index (χ3n) is 3.66. The second kappa shape index (κ2) is 5.03. The van der Waals surface area contributed by atoms with Crippen LogP contribution < -0.4 is 5.32 Å². The van der Waals surface area contributed by atoms with Crippen molar-refractivity contribution >= 4 is 17.3 Å². The number of anilines is 1. The van der Waals surface area contributed by atoms with E-state index in [1.807, 2.05) is 12.1 Å². The molecule has 1 aromatic rings. The van der Waals surface area contributed by atoms with Crippen molar-refractivity contribution in [1.82, 2.24) is 4.98 Å². The average molecular weight is 269 g/mol. The van der Waals surface area contributed by atoms with E-state index in [4.69, 9.17) is 21.1 Å². The van der Waals surface area contributed by atoms with Crippen LogP contribution in [0, 0.1) is 0 Å². The predicted molar refractivity (Wildman–Crippen MR) is 69.8 cm³/mol. The third kappa shape index (κ3) is 2.60. The minimum absolute atomic E-state index is 0.284. The highest BCUT2D eigenvalue weighted by atomic mass is 35.5. The van der Waals surface area contributed by atoms with Gasteiger partial charge in [0.2, 0.25) is 0 Å². The van der Waals surface area contributed by atoms with Crippen LogP contribution in [-0.4, -0.2) is 30.0 Å². The summed E-state index contributed by atoms with van der Waals surface area (Å²) in [5.41, 5.74) is 1.03. The molecule has 18 heavy (non-hydrogen) atoms. The lowest BCUT2D eigenvalue weighted by Gasteiger charge is -2.36. The van der Waals surface area contributed by atoms with E-state index in [1.54, 1.807) is 6.20 Å². The maximum Gasteiger partial charge on any atom is 0.168 e. The molecule has 1 aliphatic heterocycles. The highest BCUT2D eigenvalue weighted by molar-refractivity contribution is 6.29. The van der Waals surface area contributed by atoms with Gasteiger partial charge in [-0.05, 0) is 25.0 Å². The number of halogens is 1. The van der Waals surface area contributed by atoms with Gasteiger partial charge in [0.05, 0.1) is 13.2 Å². The molecule has 0 bridgehead atoms. The Morgan fingerprint density at radius 3 is 2.67 bits per heavy atom. The molecule has 1 N–H and O–H groups in total. The van der Waals surface area contributed by atoms with Crippen molar-refractivity contribution in [3.8, 4) is 0 Å². The highest BCUT2D eigenvalue weighted by Crippen LogP contribution is 2.36. The van der Waals surface area contributed by atoms with Gasteiger partial charge in [-0.25, -0.2) is 4.98 Å². The molecule has 0 aromatic carbocycles. The van der Waals surface area contributed by atoms with Crippen LogP contribution in [0.4, 0.5) is 5.69 Å². The molecule has 0 unspecified atom stereocenters. The molecule has 1 aromatic heterocycles. The van der Waals surface area contributed by atoms with E-state index < -0.39 is 0 Å². The van der Waals surface area contributed by atoms with E-state index in [9.17, 15) is 0 Å². The van der Waals surface area contributed by atoms with E-state index >= 15 is 0 Å². The van der Waals surface area contributed by atoms with E-state index in [0.29, 0.717) is 11.2 Å². The number of ether oxygens (including phenoxy) is 2. The second-order valence-corrected chi connectivity index (χ2v) is 5.28. The zero-order valence-corrected chi connectivity index (χ0v) is 10.9. The molecule has 1 saturated heterocycles. The predicted octanol–water partition coefficient (Wildman–Crippen LogP) is 2.83. The van der Waals surface area contributed by atoms with Crippen LogP contribution in [0.1, 0.15) is 25.7 Å². The van der Waals surface area contributed by atoms with Crippen LogP contribution in [0.2, 0.25) is 5.15 Å². The fourth-order valence-corrected chi connectivity index (χ4v) is 2.89. The summed E-state index contributed by atoms with van der Waals surface area (Å²) in [5.74, 6) is -0.284. The standard InChI is InChI=1S/C13H17ClN2O2/c14-12-9-11(3-6-15-12)16-10-1-4-13(5-2-10)17-7-8-18-13/h3,6,9-10H,1-2,4-5,7-8H2,(H,15,16). The molecule has 1 aliphatic carbocycles. The minimum Gasteiger partial charge on any atom is -0.382 e. The first-order valence-corrected chi connectivity index (χ1v) is 6.80. The number of hydrogen-bond acceptors (Lipinski definition) is 4. The average Bonchev–Trinajstić information content (AvgIpc) is 2.81. The Hall–Kier alpha value is -0.840. The number of nitrogens with zero attached hydrogens (tertiary/aromatic N) is 1. The lowest BCUT2D eigenvalue weighted by Crippen LogP contribution is -2.39. The number of nitrogens with one attached hydrogen (secondary N) is 1. The number of hydrogen-bond donors (Lipinski definition) is 1. The van der Waals surface area contributed by atoms with Gasteiger partial charge in [0, 0.05) is 30.8 Å². The van der Waals surface area contributed by atoms with Crippen molar-refractivity contribution in [2.45, 2.75) is 37.5 Å². The third-order valence-corrected chi connectivity index (χ3v) is 3.87. The van der Waals surface area contributed by atoms with Crippen molar-refractivity contribution in [3.63, 3.8) is 0 Å². The second-order valence-electron chi connectivity index (χ2n) is 4.89. The first kappa shape index (κ1) is 12.2. The molecule has 5 heteroatoms. The quantitative estimate of drug-likeness (QED) is 0.838. The Kier molecular flexibility index (Phi) is 3.41. The molecular formula is C13H17ClN2O2. The molecule has 98 valence electrons. The normalized spacial score (nSPS) is 23.4. The van der Waals surface area contributed by atoms with Gasteiger partial charge in [-0.3, -0.25) is 0 Å². The van der Waals surface area contributed by atoms with Crippen LogP contribution in [0.15, 0.2) is 18.3 Å². The first-order valence-electron chi connectivity index (χ1n) is 6.42. The molecule has 1 saturated carbocycles. The van der Waals surface area contributed by atoms with Gasteiger partial charge in [0.25, 0.3) is 0 Å². The van der Waals surface area contributed by atoms with Crippen molar-refractivity contribution < 1.29 is 9.47 Å². The van der Waals surface area contributed by atoms with Gasteiger partial charge in [-0.15, -0.1) is 0 Å². The molecule has 0 radical (unpaired) electrons. The van der Waals surface area contributed by atoms with Gasteiger partial charge in [-0.1, -0.05) is 11.6 Å². The molecule has 0 atom stereocenters. The Bertz CT molecular complexity index is 411. The van der Waals surface area contributed by atoms with Gasteiger partial charge >= 0.3 is 0 Å². The SMILES string of the molecule is Clc1cc(NC2CCC3(CC2)OCCO3)ccn1. The molecule has 4 nitrogen and oxygen atoms in total. The van der Waals surface area contributed by atoms with Crippen molar-refractivity contribution in [2.24, 2.45) is 0 Å². The number of rotatable bonds is 2. The maximum atomic E-state index is 5.87. The smallest absolute Gasteiger partial charge is 0.168 e. The molecule has 2 fully saturated rings. The summed E-state index contributed by atoms with van der Waals surface area (Å²) < 4.78 is 11.4. The Morgan fingerprint density at radius 2 is 2.00 bits per heavy atom. The van der Waals surface area contributed by atoms with Crippen LogP contribution in [0.25, 0.3) is 0 Å². The number of pyridine rings is 1. The fourth-order valence-electron chi connectivity index (χ4n) is 2.72. The number of aromatic nitrogens is 1. The topological polar surface area (TPSA) is 43.4 Å².